The lowest BCUT2D eigenvalue weighted by Gasteiger charge is -2.40. The number of ether oxygens (including phenoxy) is 1. The van der Waals surface area contributed by atoms with E-state index in [4.69, 9.17) is 4.74 Å². The monoisotopic (exact) mass is 470 g/mol. The molecule has 35 heavy (non-hydrogen) atoms. The summed E-state index contributed by atoms with van der Waals surface area (Å²) in [7, 11) is 4.99. The number of likely N-dealkylation sites (N-methyl/N-ethyl adjacent to an activating group) is 1. The first kappa shape index (κ1) is 23.4. The summed E-state index contributed by atoms with van der Waals surface area (Å²) in [6, 6.07) is 14.3. The summed E-state index contributed by atoms with van der Waals surface area (Å²) < 4.78 is 5.05. The van der Waals surface area contributed by atoms with Crippen LogP contribution in [0.4, 0.5) is 5.69 Å². The van der Waals surface area contributed by atoms with E-state index in [0.717, 1.165) is 34.0 Å². The molecule has 0 N–H and O–H groups in total. The Bertz CT molecular complexity index is 1230. The van der Waals surface area contributed by atoms with E-state index in [1.54, 1.807) is 19.0 Å². The van der Waals surface area contributed by atoms with Crippen molar-refractivity contribution in [2.75, 3.05) is 32.6 Å². The van der Waals surface area contributed by atoms with Gasteiger partial charge in [0.2, 0.25) is 0 Å². The summed E-state index contributed by atoms with van der Waals surface area (Å²) in [5, 5.41) is 0. The minimum Gasteiger partial charge on any atom is -0.465 e. The average molecular weight is 471 g/mol. The van der Waals surface area contributed by atoms with Crippen molar-refractivity contribution >= 4 is 29.3 Å². The van der Waals surface area contributed by atoms with Gasteiger partial charge in [-0.05, 0) is 54.0 Å². The lowest BCUT2D eigenvalue weighted by atomic mass is 9.71. The summed E-state index contributed by atoms with van der Waals surface area (Å²) in [6.07, 6.45) is 9.42. The van der Waals surface area contributed by atoms with Crippen molar-refractivity contribution in [3.8, 4) is 0 Å². The zero-order valence-electron chi connectivity index (χ0n) is 21.1. The minimum atomic E-state index is -0.345. The Labute approximate surface area is 208 Å². The second kappa shape index (κ2) is 9.37. The number of hydrogen-bond donors (Lipinski definition) is 0. The minimum absolute atomic E-state index is 0.00467. The van der Waals surface area contributed by atoms with Crippen LogP contribution in [-0.4, -0.2) is 44.5 Å². The van der Waals surface area contributed by atoms with Crippen LogP contribution in [0, 0.1) is 11.8 Å². The zero-order chi connectivity index (χ0) is 24.7. The van der Waals surface area contributed by atoms with E-state index in [2.05, 4.69) is 42.2 Å². The first-order valence-electron chi connectivity index (χ1n) is 12.6. The van der Waals surface area contributed by atoms with Crippen molar-refractivity contribution in [3.05, 3.63) is 76.4 Å². The number of amides is 1. The second-order valence-electron chi connectivity index (χ2n) is 10.4. The maximum Gasteiger partial charge on any atom is 0.337 e. The third-order valence-corrected chi connectivity index (χ3v) is 7.79. The number of carbonyl (C=O) groups excluding carboxylic acids is 2. The smallest absolute Gasteiger partial charge is 0.337 e. The molecule has 182 valence electrons. The van der Waals surface area contributed by atoms with Crippen LogP contribution in [0.2, 0.25) is 0 Å². The zero-order valence-corrected chi connectivity index (χ0v) is 21.1. The number of hydrogen-bond acceptors (Lipinski definition) is 4. The van der Waals surface area contributed by atoms with E-state index in [0.29, 0.717) is 18.0 Å². The summed E-state index contributed by atoms with van der Waals surface area (Å²) in [4.78, 5) is 29.5. The number of allylic oxidation sites excluding steroid dienone is 1. The van der Waals surface area contributed by atoms with Gasteiger partial charge in [-0.3, -0.25) is 4.79 Å². The fourth-order valence-electron chi connectivity index (χ4n) is 6.06. The highest BCUT2D eigenvalue weighted by atomic mass is 16.5. The summed E-state index contributed by atoms with van der Waals surface area (Å²) >= 11 is 0. The fourth-order valence-corrected chi connectivity index (χ4v) is 6.06. The fraction of sp³-hybridized carbons (Fsp3) is 0.400. The molecule has 1 amide bonds. The Morgan fingerprint density at radius 2 is 1.89 bits per heavy atom. The Kier molecular flexibility index (Phi) is 6.26. The van der Waals surface area contributed by atoms with Crippen LogP contribution in [0.1, 0.15) is 65.6 Å². The number of anilines is 1. The quantitative estimate of drug-likeness (QED) is 0.538. The summed E-state index contributed by atoms with van der Waals surface area (Å²) in [6.45, 7) is 2.81. The number of fused-ring (bicyclic) bond motifs is 5. The third-order valence-electron chi connectivity index (χ3n) is 7.79. The predicted octanol–water partition coefficient (Wildman–Crippen LogP) is 5.73. The van der Waals surface area contributed by atoms with E-state index in [-0.39, 0.29) is 17.8 Å². The molecule has 2 aromatic carbocycles. The molecule has 1 fully saturated rings. The second-order valence-corrected chi connectivity index (χ2v) is 10.4. The van der Waals surface area contributed by atoms with Gasteiger partial charge in [0.05, 0.1) is 19.2 Å². The molecule has 0 radical (unpaired) electrons. The highest BCUT2D eigenvalue weighted by Crippen LogP contribution is 2.49. The van der Waals surface area contributed by atoms with Gasteiger partial charge in [-0.15, -0.1) is 0 Å². The Hall–Kier alpha value is -3.34. The third kappa shape index (κ3) is 4.29. The maximum atomic E-state index is 13.2. The molecule has 3 aliphatic rings. The van der Waals surface area contributed by atoms with E-state index in [1.807, 2.05) is 24.3 Å². The van der Waals surface area contributed by atoms with Crippen molar-refractivity contribution in [2.24, 2.45) is 11.8 Å². The Morgan fingerprint density at radius 1 is 1.09 bits per heavy atom. The van der Waals surface area contributed by atoms with Gasteiger partial charge in [0.15, 0.2) is 0 Å². The average Bonchev–Trinajstić information content (AvgIpc) is 3.04. The van der Waals surface area contributed by atoms with Crippen molar-refractivity contribution in [1.82, 2.24) is 4.90 Å². The van der Waals surface area contributed by atoms with Crippen LogP contribution in [0.25, 0.3) is 11.8 Å². The van der Waals surface area contributed by atoms with Crippen molar-refractivity contribution < 1.29 is 14.3 Å². The van der Waals surface area contributed by atoms with Gasteiger partial charge in [0, 0.05) is 42.5 Å². The van der Waals surface area contributed by atoms with Crippen molar-refractivity contribution in [3.63, 3.8) is 0 Å². The van der Waals surface area contributed by atoms with Crippen LogP contribution in [0.5, 0.6) is 0 Å². The van der Waals surface area contributed by atoms with E-state index in [1.165, 1.54) is 38.4 Å². The largest absolute Gasteiger partial charge is 0.465 e. The van der Waals surface area contributed by atoms with E-state index >= 15 is 0 Å². The lowest BCUT2D eigenvalue weighted by molar-refractivity contribution is -0.124. The molecule has 1 aliphatic carbocycles. The first-order chi connectivity index (χ1) is 16.9. The highest BCUT2D eigenvalue weighted by molar-refractivity contribution is 6.03. The molecule has 3 atom stereocenters. The van der Waals surface area contributed by atoms with Crippen LogP contribution in [-0.2, 0) is 9.53 Å². The molecule has 0 spiro atoms. The van der Waals surface area contributed by atoms with Crippen LogP contribution in [0.3, 0.4) is 0 Å². The molecule has 5 nitrogen and oxygen atoms in total. The molecule has 2 heterocycles. The van der Waals surface area contributed by atoms with Crippen LogP contribution < -0.4 is 4.90 Å². The number of nitrogens with zero attached hydrogens (tertiary/aromatic N) is 2. The molecule has 1 saturated carbocycles. The molecule has 2 aromatic rings. The lowest BCUT2D eigenvalue weighted by Crippen LogP contribution is -2.34. The molecule has 3 unspecified atom stereocenters. The molecule has 5 rings (SSSR count). The highest BCUT2D eigenvalue weighted by Gasteiger charge is 2.36. The maximum absolute atomic E-state index is 13.2. The first-order valence-corrected chi connectivity index (χ1v) is 12.6. The van der Waals surface area contributed by atoms with Crippen molar-refractivity contribution in [2.45, 2.75) is 38.5 Å². The van der Waals surface area contributed by atoms with Gasteiger partial charge < -0.3 is 14.5 Å². The summed E-state index contributed by atoms with van der Waals surface area (Å²) in [5.74, 6) is 1.19. The number of carbonyl (C=O) groups is 2. The van der Waals surface area contributed by atoms with E-state index < -0.39 is 0 Å². The number of benzene rings is 2. The van der Waals surface area contributed by atoms with Gasteiger partial charge in [-0.25, -0.2) is 4.79 Å². The van der Waals surface area contributed by atoms with Gasteiger partial charge >= 0.3 is 5.97 Å². The SMILES string of the molecule is COC(=O)c1ccc2c(c1)N1CC(C(=O)N(C)C)=Cc3ccccc3C1=CC2C1CCCC(C)C1. The molecular formula is C30H34N2O3. The normalized spacial score (nSPS) is 23.1. The molecule has 2 aliphatic heterocycles. The van der Waals surface area contributed by atoms with Crippen LogP contribution in [0.15, 0.2) is 54.1 Å². The van der Waals surface area contributed by atoms with E-state index in [9.17, 15) is 9.59 Å². The van der Waals surface area contributed by atoms with Crippen molar-refractivity contribution in [1.29, 1.82) is 0 Å². The number of esters is 1. The molecular weight excluding hydrogens is 436 g/mol. The number of methoxy groups -OCH3 is 1. The number of rotatable bonds is 3. The van der Waals surface area contributed by atoms with Gasteiger partial charge in [-0.2, -0.15) is 0 Å². The van der Waals surface area contributed by atoms with Gasteiger partial charge in [0.25, 0.3) is 5.91 Å². The van der Waals surface area contributed by atoms with Gasteiger partial charge in [0.1, 0.15) is 0 Å². The Morgan fingerprint density at radius 3 is 2.63 bits per heavy atom. The molecule has 5 heteroatoms. The predicted molar refractivity (Wildman–Crippen MR) is 140 cm³/mol. The molecule has 0 aromatic heterocycles. The standard InChI is InChI=1S/C30H34N2O3/c1-19-8-7-10-20(14-19)26-17-28-24-11-6-5-9-21(24)15-23(29(33)31(2)3)18-32(28)27-16-22(30(34)35-4)12-13-25(26)27/h5-6,9,11-13,15-17,19-20,26H,7-8,10,14,18H2,1-4H3. The summed E-state index contributed by atoms with van der Waals surface area (Å²) in [5.41, 5.74) is 6.79. The molecule has 0 bridgehead atoms. The van der Waals surface area contributed by atoms with Crippen LogP contribution >= 0.6 is 0 Å². The van der Waals surface area contributed by atoms with Gasteiger partial charge in [-0.1, -0.05) is 56.2 Å². The molecule has 0 saturated heterocycles. The Balaban J connectivity index is 1.70. The topological polar surface area (TPSA) is 49.9 Å².